The summed E-state index contributed by atoms with van der Waals surface area (Å²) in [5, 5.41) is 3.21. The summed E-state index contributed by atoms with van der Waals surface area (Å²) in [5.74, 6) is 1.53. The van der Waals surface area contributed by atoms with Crippen LogP contribution in [0.25, 0.3) is 0 Å². The van der Waals surface area contributed by atoms with Gasteiger partial charge in [-0.1, -0.05) is 6.07 Å². The minimum Gasteiger partial charge on any atom is -0.493 e. The van der Waals surface area contributed by atoms with Crippen LogP contribution in [0.5, 0.6) is 11.5 Å². The molecular formula is C20H27N3O3. The van der Waals surface area contributed by atoms with E-state index in [9.17, 15) is 4.79 Å². The monoisotopic (exact) mass is 357 g/mol. The molecule has 0 aliphatic heterocycles. The van der Waals surface area contributed by atoms with Crippen molar-refractivity contribution >= 4 is 5.91 Å². The van der Waals surface area contributed by atoms with Crippen molar-refractivity contribution in [3.8, 4) is 11.5 Å². The zero-order valence-electron chi connectivity index (χ0n) is 15.7. The van der Waals surface area contributed by atoms with Gasteiger partial charge in [-0.2, -0.15) is 0 Å². The van der Waals surface area contributed by atoms with Gasteiger partial charge in [0.1, 0.15) is 0 Å². The average molecular weight is 357 g/mol. The number of nitrogens with one attached hydrogen (secondary N) is 1. The van der Waals surface area contributed by atoms with E-state index in [2.05, 4.69) is 10.3 Å². The standard InChI is InChI=1S/C20H27N3O3/c1-23(13-9-16-6-10-21-11-7-16)20(24)15-22-12-8-17-4-5-18(25-2)19(14-17)26-3/h4-7,10-11,14,22H,8-9,12-13,15H2,1-3H3. The molecule has 0 bridgehead atoms. The highest BCUT2D eigenvalue weighted by atomic mass is 16.5. The zero-order valence-corrected chi connectivity index (χ0v) is 15.7. The van der Waals surface area contributed by atoms with E-state index in [1.807, 2.05) is 37.4 Å². The second-order valence-electron chi connectivity index (χ2n) is 6.04. The van der Waals surface area contributed by atoms with Crippen molar-refractivity contribution in [2.24, 2.45) is 0 Å². The molecule has 2 aromatic rings. The van der Waals surface area contributed by atoms with E-state index in [0.29, 0.717) is 13.1 Å². The molecule has 0 saturated heterocycles. The van der Waals surface area contributed by atoms with E-state index in [1.165, 1.54) is 5.56 Å². The minimum atomic E-state index is 0.0892. The number of ether oxygens (including phenoxy) is 2. The molecule has 0 aliphatic rings. The molecule has 26 heavy (non-hydrogen) atoms. The number of likely N-dealkylation sites (N-methyl/N-ethyl adjacent to an activating group) is 1. The second-order valence-corrected chi connectivity index (χ2v) is 6.04. The molecule has 0 fully saturated rings. The summed E-state index contributed by atoms with van der Waals surface area (Å²) in [6.45, 7) is 1.75. The van der Waals surface area contributed by atoms with Crippen molar-refractivity contribution in [2.75, 3.05) is 40.9 Å². The first kappa shape index (κ1) is 19.7. The van der Waals surface area contributed by atoms with Crippen LogP contribution in [0.1, 0.15) is 11.1 Å². The van der Waals surface area contributed by atoms with Gasteiger partial charge >= 0.3 is 0 Å². The van der Waals surface area contributed by atoms with E-state index >= 15 is 0 Å². The van der Waals surface area contributed by atoms with Gasteiger partial charge in [-0.3, -0.25) is 9.78 Å². The van der Waals surface area contributed by atoms with Gasteiger partial charge in [0.25, 0.3) is 0 Å². The summed E-state index contributed by atoms with van der Waals surface area (Å²) in [6.07, 6.45) is 5.19. The number of carbonyl (C=O) groups excluding carboxylic acids is 1. The average Bonchev–Trinajstić information content (AvgIpc) is 2.69. The Morgan fingerprint density at radius 2 is 1.77 bits per heavy atom. The quantitative estimate of drug-likeness (QED) is 0.659. The molecule has 6 nitrogen and oxygen atoms in total. The Kier molecular flexibility index (Phi) is 7.89. The third kappa shape index (κ3) is 6.04. The van der Waals surface area contributed by atoms with Gasteiger partial charge < -0.3 is 19.7 Å². The number of aromatic nitrogens is 1. The Balaban J connectivity index is 1.69. The van der Waals surface area contributed by atoms with E-state index in [4.69, 9.17) is 9.47 Å². The number of hydrogen-bond donors (Lipinski definition) is 1. The molecule has 0 atom stereocenters. The number of rotatable bonds is 10. The maximum absolute atomic E-state index is 12.2. The molecule has 0 radical (unpaired) electrons. The van der Waals surface area contributed by atoms with Crippen LogP contribution in [0.3, 0.4) is 0 Å². The smallest absolute Gasteiger partial charge is 0.236 e. The Labute approximate surface area is 155 Å². The minimum absolute atomic E-state index is 0.0892. The van der Waals surface area contributed by atoms with Crippen molar-refractivity contribution in [3.05, 3.63) is 53.9 Å². The van der Waals surface area contributed by atoms with Gasteiger partial charge in [-0.05, 0) is 54.8 Å². The Morgan fingerprint density at radius 1 is 1.04 bits per heavy atom. The lowest BCUT2D eigenvalue weighted by molar-refractivity contribution is -0.128. The fourth-order valence-electron chi connectivity index (χ4n) is 2.57. The summed E-state index contributed by atoms with van der Waals surface area (Å²) in [7, 11) is 5.08. The van der Waals surface area contributed by atoms with E-state index < -0.39 is 0 Å². The van der Waals surface area contributed by atoms with Gasteiger partial charge in [0.2, 0.25) is 5.91 Å². The number of carbonyl (C=O) groups is 1. The van der Waals surface area contributed by atoms with Crippen LogP contribution in [0.2, 0.25) is 0 Å². The van der Waals surface area contributed by atoms with Crippen molar-refractivity contribution < 1.29 is 14.3 Å². The second kappa shape index (κ2) is 10.4. The topological polar surface area (TPSA) is 63.7 Å². The molecule has 1 amide bonds. The summed E-state index contributed by atoms with van der Waals surface area (Å²) < 4.78 is 10.5. The zero-order chi connectivity index (χ0) is 18.8. The fraction of sp³-hybridized carbons (Fsp3) is 0.400. The highest BCUT2D eigenvalue weighted by Gasteiger charge is 2.09. The highest BCUT2D eigenvalue weighted by Crippen LogP contribution is 2.27. The third-order valence-electron chi connectivity index (χ3n) is 4.23. The molecule has 1 N–H and O–H groups in total. The summed E-state index contributed by atoms with van der Waals surface area (Å²) in [5.41, 5.74) is 2.31. The van der Waals surface area contributed by atoms with Crippen molar-refractivity contribution in [1.82, 2.24) is 15.2 Å². The number of methoxy groups -OCH3 is 2. The maximum atomic E-state index is 12.2. The van der Waals surface area contributed by atoms with Crippen LogP contribution >= 0.6 is 0 Å². The summed E-state index contributed by atoms with van der Waals surface area (Å²) in [4.78, 5) is 17.9. The van der Waals surface area contributed by atoms with Crippen molar-refractivity contribution in [1.29, 1.82) is 0 Å². The first-order valence-corrected chi connectivity index (χ1v) is 8.68. The highest BCUT2D eigenvalue weighted by molar-refractivity contribution is 5.77. The number of amides is 1. The number of benzene rings is 1. The number of nitrogens with zero attached hydrogens (tertiary/aromatic N) is 2. The molecule has 0 aliphatic carbocycles. The van der Waals surface area contributed by atoms with Crippen LogP contribution in [0, 0.1) is 0 Å². The van der Waals surface area contributed by atoms with E-state index in [-0.39, 0.29) is 5.91 Å². The Morgan fingerprint density at radius 3 is 2.46 bits per heavy atom. The molecule has 1 aromatic carbocycles. The SMILES string of the molecule is COc1ccc(CCNCC(=O)N(C)CCc2ccncc2)cc1OC. The predicted octanol–water partition coefficient (Wildman–Crippen LogP) is 1.93. The first-order valence-electron chi connectivity index (χ1n) is 8.68. The lowest BCUT2D eigenvalue weighted by Crippen LogP contribution is -2.37. The molecular weight excluding hydrogens is 330 g/mol. The number of pyridine rings is 1. The summed E-state index contributed by atoms with van der Waals surface area (Å²) >= 11 is 0. The first-order chi connectivity index (χ1) is 12.6. The van der Waals surface area contributed by atoms with Gasteiger partial charge in [0.05, 0.1) is 20.8 Å². The van der Waals surface area contributed by atoms with Gasteiger partial charge in [0.15, 0.2) is 11.5 Å². The predicted molar refractivity (Wildman–Crippen MR) is 102 cm³/mol. The van der Waals surface area contributed by atoms with Gasteiger partial charge in [0, 0.05) is 26.0 Å². The van der Waals surface area contributed by atoms with Gasteiger partial charge in [-0.25, -0.2) is 0 Å². The molecule has 6 heteroatoms. The molecule has 0 unspecified atom stereocenters. The van der Waals surface area contributed by atoms with Gasteiger partial charge in [-0.15, -0.1) is 0 Å². The fourth-order valence-corrected chi connectivity index (χ4v) is 2.57. The molecule has 1 heterocycles. The van der Waals surface area contributed by atoms with E-state index in [1.54, 1.807) is 31.5 Å². The van der Waals surface area contributed by atoms with Crippen LogP contribution in [0.4, 0.5) is 0 Å². The normalized spacial score (nSPS) is 10.4. The maximum Gasteiger partial charge on any atom is 0.236 e. The Hall–Kier alpha value is -2.60. The molecule has 0 saturated carbocycles. The van der Waals surface area contributed by atoms with Crippen LogP contribution in [-0.4, -0.2) is 56.7 Å². The van der Waals surface area contributed by atoms with Crippen LogP contribution < -0.4 is 14.8 Å². The summed E-state index contributed by atoms with van der Waals surface area (Å²) in [6, 6.07) is 9.81. The Bertz CT molecular complexity index is 692. The lowest BCUT2D eigenvalue weighted by Gasteiger charge is -2.17. The lowest BCUT2D eigenvalue weighted by atomic mass is 10.1. The van der Waals surface area contributed by atoms with Crippen LogP contribution in [-0.2, 0) is 17.6 Å². The van der Waals surface area contributed by atoms with Crippen molar-refractivity contribution in [3.63, 3.8) is 0 Å². The van der Waals surface area contributed by atoms with Crippen molar-refractivity contribution in [2.45, 2.75) is 12.8 Å². The molecule has 140 valence electrons. The van der Waals surface area contributed by atoms with Crippen LogP contribution in [0.15, 0.2) is 42.7 Å². The molecule has 2 rings (SSSR count). The third-order valence-corrected chi connectivity index (χ3v) is 4.23. The number of hydrogen-bond acceptors (Lipinski definition) is 5. The molecule has 1 aromatic heterocycles. The largest absolute Gasteiger partial charge is 0.493 e. The van der Waals surface area contributed by atoms with E-state index in [0.717, 1.165) is 36.4 Å². The molecule has 0 spiro atoms.